The first-order valence-electron chi connectivity index (χ1n) is 7.50. The Bertz CT molecular complexity index is 461. The lowest BCUT2D eigenvalue weighted by atomic mass is 9.88. The molecule has 1 aliphatic rings. The van der Waals surface area contributed by atoms with E-state index in [0.717, 1.165) is 25.8 Å². The molecule has 3 unspecified atom stereocenters. The van der Waals surface area contributed by atoms with Gasteiger partial charge in [-0.15, -0.1) is 13.2 Å². The topological polar surface area (TPSA) is 21.3 Å². The van der Waals surface area contributed by atoms with E-state index in [9.17, 15) is 13.2 Å². The molecule has 0 aliphatic heterocycles. The van der Waals surface area contributed by atoms with Gasteiger partial charge in [-0.1, -0.05) is 32.0 Å². The number of alkyl halides is 3. The van der Waals surface area contributed by atoms with Gasteiger partial charge in [-0.25, -0.2) is 0 Å². The van der Waals surface area contributed by atoms with Gasteiger partial charge in [0.2, 0.25) is 0 Å². The summed E-state index contributed by atoms with van der Waals surface area (Å²) in [7, 11) is 0. The van der Waals surface area contributed by atoms with E-state index < -0.39 is 6.36 Å². The first-order chi connectivity index (χ1) is 9.92. The van der Waals surface area contributed by atoms with Crippen LogP contribution >= 0.6 is 0 Å². The zero-order valence-corrected chi connectivity index (χ0v) is 12.4. The zero-order chi connectivity index (χ0) is 15.5. The van der Waals surface area contributed by atoms with Gasteiger partial charge in [-0.2, -0.15) is 0 Å². The van der Waals surface area contributed by atoms with Crippen LogP contribution in [-0.2, 0) is 0 Å². The number of hydrogen-bond acceptors (Lipinski definition) is 2. The van der Waals surface area contributed by atoms with Crippen molar-refractivity contribution in [3.05, 3.63) is 29.8 Å². The largest absolute Gasteiger partial charge is 0.573 e. The smallest absolute Gasteiger partial charge is 0.405 e. The number of benzene rings is 1. The zero-order valence-electron chi connectivity index (χ0n) is 12.4. The first-order valence-corrected chi connectivity index (χ1v) is 7.50. The molecule has 1 aliphatic carbocycles. The molecule has 0 amide bonds. The Morgan fingerprint density at radius 1 is 1.24 bits per heavy atom. The molecule has 5 heteroatoms. The summed E-state index contributed by atoms with van der Waals surface area (Å²) in [5.74, 6) is 0.352. The highest BCUT2D eigenvalue weighted by Gasteiger charge is 2.37. The lowest BCUT2D eigenvalue weighted by molar-refractivity contribution is -0.275. The highest BCUT2D eigenvalue weighted by Crippen LogP contribution is 2.43. The Morgan fingerprint density at radius 2 is 1.95 bits per heavy atom. The number of ether oxygens (including phenoxy) is 1. The van der Waals surface area contributed by atoms with Gasteiger partial charge in [-0.3, -0.25) is 0 Å². The Kier molecular flexibility index (Phi) is 5.14. The van der Waals surface area contributed by atoms with Gasteiger partial charge in [0.15, 0.2) is 0 Å². The predicted molar refractivity (Wildman–Crippen MR) is 76.3 cm³/mol. The molecule has 1 aromatic carbocycles. The van der Waals surface area contributed by atoms with Gasteiger partial charge >= 0.3 is 6.36 Å². The van der Waals surface area contributed by atoms with Crippen LogP contribution in [0.1, 0.15) is 44.6 Å². The molecular weight excluding hydrogens is 279 g/mol. The second-order valence-electron chi connectivity index (χ2n) is 5.69. The van der Waals surface area contributed by atoms with Crippen LogP contribution in [0.5, 0.6) is 5.75 Å². The third-order valence-corrected chi connectivity index (χ3v) is 4.26. The number of hydrogen-bond donors (Lipinski definition) is 1. The van der Waals surface area contributed by atoms with Crippen LogP contribution in [0.3, 0.4) is 0 Å². The minimum atomic E-state index is -4.64. The SMILES string of the molecule is CCCNC1CCC(c2ccccc2OC(F)(F)F)C1C. The number of nitrogens with one attached hydrogen (secondary N) is 1. The molecule has 0 spiro atoms. The standard InChI is InChI=1S/C16H22F3NO/c1-3-10-20-14-9-8-12(11(14)2)13-6-4-5-7-15(13)21-16(17,18)19/h4-7,11-12,14,20H,3,8-10H2,1-2H3. The van der Waals surface area contributed by atoms with Gasteiger partial charge < -0.3 is 10.1 Å². The number of halogens is 3. The van der Waals surface area contributed by atoms with Gasteiger partial charge in [0.1, 0.15) is 5.75 Å². The van der Waals surface area contributed by atoms with Crippen molar-refractivity contribution in [3.63, 3.8) is 0 Å². The molecule has 21 heavy (non-hydrogen) atoms. The van der Waals surface area contributed by atoms with Crippen LogP contribution in [0.4, 0.5) is 13.2 Å². The molecule has 1 aromatic rings. The molecule has 0 radical (unpaired) electrons. The maximum absolute atomic E-state index is 12.5. The highest BCUT2D eigenvalue weighted by atomic mass is 19.4. The van der Waals surface area contributed by atoms with Crippen LogP contribution in [0.2, 0.25) is 0 Å². The molecule has 1 N–H and O–H groups in total. The molecule has 2 nitrogen and oxygen atoms in total. The molecule has 2 rings (SSSR count). The van der Waals surface area contributed by atoms with Crippen LogP contribution in [0.15, 0.2) is 24.3 Å². The molecule has 0 saturated heterocycles. The fourth-order valence-electron chi connectivity index (χ4n) is 3.23. The molecular formula is C16H22F3NO. The van der Waals surface area contributed by atoms with Crippen molar-refractivity contribution in [1.82, 2.24) is 5.32 Å². The molecule has 0 bridgehead atoms. The lowest BCUT2D eigenvalue weighted by Gasteiger charge is -2.24. The minimum Gasteiger partial charge on any atom is -0.405 e. The monoisotopic (exact) mass is 301 g/mol. The summed E-state index contributed by atoms with van der Waals surface area (Å²) in [4.78, 5) is 0. The average molecular weight is 301 g/mol. The number of para-hydroxylation sites is 1. The summed E-state index contributed by atoms with van der Waals surface area (Å²) in [6, 6.07) is 6.89. The number of rotatable bonds is 5. The Morgan fingerprint density at radius 3 is 2.62 bits per heavy atom. The van der Waals surface area contributed by atoms with Gasteiger partial charge in [0.05, 0.1) is 0 Å². The fourth-order valence-corrected chi connectivity index (χ4v) is 3.23. The van der Waals surface area contributed by atoms with E-state index in [0.29, 0.717) is 17.5 Å². The quantitative estimate of drug-likeness (QED) is 0.866. The van der Waals surface area contributed by atoms with E-state index in [4.69, 9.17) is 0 Å². The van der Waals surface area contributed by atoms with E-state index >= 15 is 0 Å². The van der Waals surface area contributed by atoms with Crippen LogP contribution in [0, 0.1) is 5.92 Å². The Labute approximate surface area is 123 Å². The van der Waals surface area contributed by atoms with Crippen LogP contribution in [-0.4, -0.2) is 18.9 Å². The summed E-state index contributed by atoms with van der Waals surface area (Å²) >= 11 is 0. The minimum absolute atomic E-state index is 0.0574. The maximum Gasteiger partial charge on any atom is 0.573 e. The molecule has 3 atom stereocenters. The van der Waals surface area contributed by atoms with E-state index in [2.05, 4.69) is 23.9 Å². The summed E-state index contributed by atoms with van der Waals surface area (Å²) in [6.07, 6.45) is -1.70. The van der Waals surface area contributed by atoms with E-state index in [-0.39, 0.29) is 11.7 Å². The normalized spacial score (nSPS) is 26.0. The summed E-state index contributed by atoms with van der Waals surface area (Å²) in [6.45, 7) is 5.16. The second kappa shape index (κ2) is 6.69. The summed E-state index contributed by atoms with van der Waals surface area (Å²) in [5, 5.41) is 3.49. The summed E-state index contributed by atoms with van der Waals surface area (Å²) < 4.78 is 41.7. The van der Waals surface area contributed by atoms with Crippen LogP contribution < -0.4 is 10.1 Å². The third-order valence-electron chi connectivity index (χ3n) is 4.26. The van der Waals surface area contributed by atoms with E-state index in [1.54, 1.807) is 18.2 Å². The van der Waals surface area contributed by atoms with Crippen molar-refractivity contribution >= 4 is 0 Å². The molecule has 0 heterocycles. The maximum atomic E-state index is 12.5. The summed E-state index contributed by atoms with van der Waals surface area (Å²) in [5.41, 5.74) is 0.670. The van der Waals surface area contributed by atoms with Crippen LogP contribution in [0.25, 0.3) is 0 Å². The lowest BCUT2D eigenvalue weighted by Crippen LogP contribution is -2.33. The van der Waals surface area contributed by atoms with E-state index in [1.165, 1.54) is 6.07 Å². The van der Waals surface area contributed by atoms with Gasteiger partial charge in [-0.05, 0) is 49.3 Å². The highest BCUT2D eigenvalue weighted by molar-refractivity contribution is 5.37. The van der Waals surface area contributed by atoms with Gasteiger partial charge in [0, 0.05) is 6.04 Å². The molecule has 1 fully saturated rings. The van der Waals surface area contributed by atoms with Gasteiger partial charge in [0.25, 0.3) is 0 Å². The van der Waals surface area contributed by atoms with Crippen molar-refractivity contribution in [1.29, 1.82) is 0 Å². The van der Waals surface area contributed by atoms with Crippen molar-refractivity contribution in [3.8, 4) is 5.75 Å². The van der Waals surface area contributed by atoms with Crippen molar-refractivity contribution in [2.75, 3.05) is 6.54 Å². The van der Waals surface area contributed by atoms with Crippen molar-refractivity contribution < 1.29 is 17.9 Å². The third kappa shape index (κ3) is 4.13. The second-order valence-corrected chi connectivity index (χ2v) is 5.69. The fraction of sp³-hybridized carbons (Fsp3) is 0.625. The predicted octanol–water partition coefficient (Wildman–Crippen LogP) is 4.47. The Balaban J connectivity index is 2.15. The van der Waals surface area contributed by atoms with E-state index in [1.807, 2.05) is 0 Å². The molecule has 0 aromatic heterocycles. The Hall–Kier alpha value is -1.23. The molecule has 118 valence electrons. The first kappa shape index (κ1) is 16.1. The van der Waals surface area contributed by atoms with Crippen molar-refractivity contribution in [2.45, 2.75) is 51.4 Å². The average Bonchev–Trinajstić information content (AvgIpc) is 2.76. The van der Waals surface area contributed by atoms with Crippen molar-refractivity contribution in [2.24, 2.45) is 5.92 Å². The molecule has 1 saturated carbocycles.